The molecule has 0 radical (unpaired) electrons. The number of amides is 1. The van der Waals surface area contributed by atoms with Gasteiger partial charge in [0.2, 0.25) is 0 Å². The van der Waals surface area contributed by atoms with E-state index in [4.69, 9.17) is 4.74 Å². The van der Waals surface area contributed by atoms with Crippen molar-refractivity contribution in [2.24, 2.45) is 0 Å². The Bertz CT molecular complexity index is 722. The summed E-state index contributed by atoms with van der Waals surface area (Å²) < 4.78 is 5.12. The van der Waals surface area contributed by atoms with E-state index in [1.165, 1.54) is 18.4 Å². The number of nitrogens with one attached hydrogen (secondary N) is 2. The molecule has 0 aliphatic carbocycles. The average molecular weight is 353 g/mol. The lowest BCUT2D eigenvalue weighted by atomic mass is 10.1. The topological polar surface area (TPSA) is 53.6 Å². The molecule has 0 unspecified atom stereocenters. The van der Waals surface area contributed by atoms with E-state index in [1.807, 2.05) is 18.2 Å². The van der Waals surface area contributed by atoms with E-state index in [1.54, 1.807) is 31.4 Å². The van der Waals surface area contributed by atoms with Crippen molar-refractivity contribution < 1.29 is 9.53 Å². The van der Waals surface area contributed by atoms with Gasteiger partial charge in [-0.2, -0.15) is 0 Å². The average Bonchev–Trinajstić information content (AvgIpc) is 2.68. The van der Waals surface area contributed by atoms with Gasteiger partial charge in [-0.25, -0.2) is 0 Å². The van der Waals surface area contributed by atoms with Crippen LogP contribution in [0.1, 0.15) is 28.8 Å². The molecule has 1 aliphatic heterocycles. The van der Waals surface area contributed by atoms with E-state index >= 15 is 0 Å². The number of anilines is 1. The first kappa shape index (κ1) is 18.4. The number of methoxy groups -OCH3 is 1. The van der Waals surface area contributed by atoms with Crippen LogP contribution in [0.3, 0.4) is 0 Å². The number of ether oxygens (including phenoxy) is 1. The Hall–Kier alpha value is -2.37. The van der Waals surface area contributed by atoms with Crippen molar-refractivity contribution >= 4 is 11.6 Å². The van der Waals surface area contributed by atoms with Gasteiger partial charge in [-0.15, -0.1) is 0 Å². The summed E-state index contributed by atoms with van der Waals surface area (Å²) in [5.41, 5.74) is 2.60. The van der Waals surface area contributed by atoms with E-state index in [0.717, 1.165) is 31.1 Å². The highest BCUT2D eigenvalue weighted by atomic mass is 16.5. The van der Waals surface area contributed by atoms with Crippen molar-refractivity contribution in [2.75, 3.05) is 32.6 Å². The molecule has 2 N–H and O–H groups in total. The van der Waals surface area contributed by atoms with Gasteiger partial charge in [0, 0.05) is 23.8 Å². The number of rotatable bonds is 6. The molecule has 2 aromatic carbocycles. The van der Waals surface area contributed by atoms with Gasteiger partial charge in [-0.1, -0.05) is 12.1 Å². The quantitative estimate of drug-likeness (QED) is 0.838. The Morgan fingerprint density at radius 2 is 1.88 bits per heavy atom. The zero-order valence-electron chi connectivity index (χ0n) is 15.5. The van der Waals surface area contributed by atoms with Crippen LogP contribution >= 0.6 is 0 Å². The SMILES string of the molecule is COc1ccc(C(=O)Nc2cccc(CNC3CCN(C)CC3)c2)cc1. The van der Waals surface area contributed by atoms with Gasteiger partial charge in [-0.3, -0.25) is 4.79 Å². The number of nitrogens with zero attached hydrogens (tertiary/aromatic N) is 1. The summed E-state index contributed by atoms with van der Waals surface area (Å²) in [5, 5.41) is 6.60. The molecule has 1 fully saturated rings. The second-order valence-corrected chi connectivity index (χ2v) is 6.84. The van der Waals surface area contributed by atoms with E-state index in [0.29, 0.717) is 11.6 Å². The number of piperidine rings is 1. The fraction of sp³-hybridized carbons (Fsp3) is 0.381. The Morgan fingerprint density at radius 3 is 2.58 bits per heavy atom. The predicted molar refractivity (Wildman–Crippen MR) is 105 cm³/mol. The van der Waals surface area contributed by atoms with Crippen molar-refractivity contribution in [3.63, 3.8) is 0 Å². The van der Waals surface area contributed by atoms with Crippen LogP contribution in [0, 0.1) is 0 Å². The smallest absolute Gasteiger partial charge is 0.255 e. The summed E-state index contributed by atoms with van der Waals surface area (Å²) in [4.78, 5) is 14.8. The van der Waals surface area contributed by atoms with E-state index in [2.05, 4.69) is 28.6 Å². The van der Waals surface area contributed by atoms with Crippen molar-refractivity contribution in [3.8, 4) is 5.75 Å². The number of benzene rings is 2. The Kier molecular flexibility index (Phi) is 6.26. The first-order valence-corrected chi connectivity index (χ1v) is 9.10. The molecule has 0 spiro atoms. The Labute approximate surface area is 155 Å². The third-order valence-corrected chi connectivity index (χ3v) is 4.85. The molecule has 3 rings (SSSR count). The van der Waals surface area contributed by atoms with Crippen molar-refractivity contribution in [1.82, 2.24) is 10.2 Å². The minimum absolute atomic E-state index is 0.118. The number of hydrogen-bond donors (Lipinski definition) is 2. The molecule has 0 aromatic heterocycles. The minimum atomic E-state index is -0.118. The Morgan fingerprint density at radius 1 is 1.15 bits per heavy atom. The first-order valence-electron chi connectivity index (χ1n) is 9.10. The third kappa shape index (κ3) is 5.07. The lowest BCUT2D eigenvalue weighted by Crippen LogP contribution is -2.40. The van der Waals surface area contributed by atoms with E-state index in [9.17, 15) is 4.79 Å². The maximum absolute atomic E-state index is 12.4. The van der Waals surface area contributed by atoms with Gasteiger partial charge in [0.1, 0.15) is 5.75 Å². The molecule has 2 aromatic rings. The van der Waals surface area contributed by atoms with Gasteiger partial charge in [0.15, 0.2) is 0 Å². The van der Waals surface area contributed by atoms with Crippen molar-refractivity contribution in [3.05, 3.63) is 59.7 Å². The zero-order valence-corrected chi connectivity index (χ0v) is 15.5. The number of carbonyl (C=O) groups is 1. The maximum atomic E-state index is 12.4. The third-order valence-electron chi connectivity index (χ3n) is 4.85. The number of hydrogen-bond acceptors (Lipinski definition) is 4. The summed E-state index contributed by atoms with van der Waals surface area (Å²) >= 11 is 0. The van der Waals surface area contributed by atoms with Crippen molar-refractivity contribution in [1.29, 1.82) is 0 Å². The second kappa shape index (κ2) is 8.83. The molecule has 0 saturated carbocycles. The minimum Gasteiger partial charge on any atom is -0.497 e. The van der Waals surface area contributed by atoms with Gasteiger partial charge >= 0.3 is 0 Å². The molecule has 0 atom stereocenters. The first-order chi connectivity index (χ1) is 12.6. The highest BCUT2D eigenvalue weighted by molar-refractivity contribution is 6.04. The molecule has 1 amide bonds. The van der Waals surface area contributed by atoms with Crippen molar-refractivity contribution in [2.45, 2.75) is 25.4 Å². The molecule has 0 bridgehead atoms. The normalized spacial score (nSPS) is 15.6. The van der Waals surface area contributed by atoms with Crippen LogP contribution in [0.2, 0.25) is 0 Å². The van der Waals surface area contributed by atoms with Crippen LogP contribution in [-0.4, -0.2) is 44.1 Å². The lowest BCUT2D eigenvalue weighted by molar-refractivity contribution is 0.102. The van der Waals surface area contributed by atoms with Gasteiger partial charge in [-0.05, 0) is 74.9 Å². The van der Waals surface area contributed by atoms with Crippen LogP contribution in [0.15, 0.2) is 48.5 Å². The van der Waals surface area contributed by atoms with Crippen LogP contribution in [-0.2, 0) is 6.54 Å². The summed E-state index contributed by atoms with van der Waals surface area (Å²) in [5.74, 6) is 0.622. The molecule has 138 valence electrons. The molecule has 1 heterocycles. The standard InChI is InChI=1S/C21H27N3O2/c1-24-12-10-18(11-13-24)22-15-16-4-3-5-19(14-16)23-21(25)17-6-8-20(26-2)9-7-17/h3-9,14,18,22H,10-13,15H2,1-2H3,(H,23,25). The van der Waals surface area contributed by atoms with E-state index < -0.39 is 0 Å². The lowest BCUT2D eigenvalue weighted by Gasteiger charge is -2.29. The zero-order chi connectivity index (χ0) is 18.4. The molecule has 5 nitrogen and oxygen atoms in total. The largest absolute Gasteiger partial charge is 0.497 e. The highest BCUT2D eigenvalue weighted by Gasteiger charge is 2.15. The summed E-state index contributed by atoms with van der Waals surface area (Å²) in [6.07, 6.45) is 2.37. The molecule has 1 saturated heterocycles. The van der Waals surface area contributed by atoms with E-state index in [-0.39, 0.29) is 5.91 Å². The monoisotopic (exact) mass is 353 g/mol. The van der Waals surface area contributed by atoms with Crippen LogP contribution in [0.25, 0.3) is 0 Å². The molecule has 5 heteroatoms. The second-order valence-electron chi connectivity index (χ2n) is 6.84. The van der Waals surface area contributed by atoms with Crippen LogP contribution in [0.4, 0.5) is 5.69 Å². The summed E-state index contributed by atoms with van der Waals surface area (Å²) in [6, 6.07) is 15.7. The fourth-order valence-electron chi connectivity index (χ4n) is 3.18. The van der Waals surface area contributed by atoms with Gasteiger partial charge in [0.25, 0.3) is 5.91 Å². The summed E-state index contributed by atoms with van der Waals surface area (Å²) in [7, 11) is 3.78. The number of likely N-dealkylation sites (tertiary alicyclic amines) is 1. The summed E-state index contributed by atoms with van der Waals surface area (Å²) in [6.45, 7) is 3.12. The van der Waals surface area contributed by atoms with Crippen LogP contribution < -0.4 is 15.4 Å². The predicted octanol–water partition coefficient (Wildman–Crippen LogP) is 3.13. The highest BCUT2D eigenvalue weighted by Crippen LogP contribution is 2.16. The Balaban J connectivity index is 1.55. The maximum Gasteiger partial charge on any atom is 0.255 e. The fourth-order valence-corrected chi connectivity index (χ4v) is 3.18. The molecule has 1 aliphatic rings. The van der Waals surface area contributed by atoms with Crippen LogP contribution in [0.5, 0.6) is 5.75 Å². The van der Waals surface area contributed by atoms with Gasteiger partial charge < -0.3 is 20.3 Å². The van der Waals surface area contributed by atoms with Gasteiger partial charge in [0.05, 0.1) is 7.11 Å². The number of carbonyl (C=O) groups excluding carboxylic acids is 1. The molecule has 26 heavy (non-hydrogen) atoms. The molecular formula is C21H27N3O2. The molecular weight excluding hydrogens is 326 g/mol.